The van der Waals surface area contributed by atoms with E-state index in [9.17, 15) is 9.18 Å². The lowest BCUT2D eigenvalue weighted by Gasteiger charge is -2.39. The zero-order valence-electron chi connectivity index (χ0n) is 15.0. The van der Waals surface area contributed by atoms with E-state index in [1.165, 1.54) is 16.8 Å². The van der Waals surface area contributed by atoms with Crippen molar-refractivity contribution < 1.29 is 13.7 Å². The van der Waals surface area contributed by atoms with Crippen LogP contribution in [0, 0.1) is 12.7 Å². The maximum absolute atomic E-state index is 14.4. The van der Waals surface area contributed by atoms with Crippen molar-refractivity contribution in [3.63, 3.8) is 0 Å². The van der Waals surface area contributed by atoms with E-state index in [1.54, 1.807) is 37.5 Å². The van der Waals surface area contributed by atoms with Gasteiger partial charge in [-0.15, -0.1) is 0 Å². The number of nitrogens with one attached hydrogen (secondary N) is 1. The van der Waals surface area contributed by atoms with E-state index in [4.69, 9.17) is 4.52 Å². The quantitative estimate of drug-likeness (QED) is 0.605. The van der Waals surface area contributed by atoms with Crippen molar-refractivity contribution >= 4 is 27.9 Å². The first-order valence-electron chi connectivity index (χ1n) is 8.76. The molecule has 2 aromatic heterocycles. The molecule has 0 saturated heterocycles. The van der Waals surface area contributed by atoms with Crippen molar-refractivity contribution in [3.8, 4) is 5.69 Å². The summed E-state index contributed by atoms with van der Waals surface area (Å²) in [4.78, 5) is 16.6. The molecule has 1 aliphatic carbocycles. The number of rotatable bonds is 5. The van der Waals surface area contributed by atoms with Gasteiger partial charge in [-0.3, -0.25) is 4.79 Å². The van der Waals surface area contributed by atoms with Crippen LogP contribution in [0.15, 0.2) is 45.7 Å². The van der Waals surface area contributed by atoms with Crippen LogP contribution in [0.5, 0.6) is 0 Å². The second-order valence-corrected chi connectivity index (χ2v) is 7.62. The number of aromatic nitrogens is 4. The number of hydrogen-bond acceptors (Lipinski definition) is 5. The van der Waals surface area contributed by atoms with Gasteiger partial charge in [-0.25, -0.2) is 9.07 Å². The summed E-state index contributed by atoms with van der Waals surface area (Å²) in [6.45, 7) is 1.71. The Labute approximate surface area is 168 Å². The number of amides is 1. The highest BCUT2D eigenvalue weighted by molar-refractivity contribution is 9.10. The highest BCUT2D eigenvalue weighted by Crippen LogP contribution is 2.39. The van der Waals surface area contributed by atoms with Crippen LogP contribution in [0.2, 0.25) is 0 Å². The molecule has 2 heterocycles. The van der Waals surface area contributed by atoms with Gasteiger partial charge in [-0.05, 0) is 59.0 Å². The molecule has 28 heavy (non-hydrogen) atoms. The van der Waals surface area contributed by atoms with Gasteiger partial charge < -0.3 is 9.84 Å². The molecule has 1 amide bonds. The predicted octanol–water partition coefficient (Wildman–Crippen LogP) is 3.67. The Balaban J connectivity index is 1.46. The topological polar surface area (TPSA) is 85.8 Å². The number of benzene rings is 1. The molecule has 1 N–H and O–H groups in total. The minimum Gasteiger partial charge on any atom is -0.340 e. The normalized spacial score (nSPS) is 15.5. The number of hydrogen-bond donors (Lipinski definition) is 1. The summed E-state index contributed by atoms with van der Waals surface area (Å²) in [6, 6.07) is 4.69. The van der Waals surface area contributed by atoms with Crippen molar-refractivity contribution in [2.45, 2.75) is 31.7 Å². The lowest BCUT2D eigenvalue weighted by Crippen LogP contribution is -2.51. The highest BCUT2D eigenvalue weighted by atomic mass is 79.9. The van der Waals surface area contributed by atoms with Crippen molar-refractivity contribution in [1.82, 2.24) is 25.2 Å². The van der Waals surface area contributed by atoms with E-state index in [0.717, 1.165) is 23.7 Å². The molecule has 0 spiro atoms. The molecule has 7 nitrogen and oxygen atoms in total. The Hall–Kier alpha value is -2.81. The van der Waals surface area contributed by atoms with Gasteiger partial charge in [0, 0.05) is 19.2 Å². The van der Waals surface area contributed by atoms with Gasteiger partial charge in [0.05, 0.1) is 10.7 Å². The number of carbonyl (C=O) groups is 1. The maximum Gasteiger partial charge on any atom is 0.244 e. The second-order valence-electron chi connectivity index (χ2n) is 6.71. The Morgan fingerprint density at radius 1 is 1.43 bits per heavy atom. The fraction of sp³-hybridized carbons (Fsp3) is 0.263. The minimum atomic E-state index is -0.582. The van der Waals surface area contributed by atoms with Crippen LogP contribution in [0.1, 0.15) is 36.5 Å². The van der Waals surface area contributed by atoms with Crippen LogP contribution in [0.3, 0.4) is 0 Å². The Kier molecular flexibility index (Phi) is 4.84. The molecule has 144 valence electrons. The molecule has 0 radical (unpaired) electrons. The summed E-state index contributed by atoms with van der Waals surface area (Å²) in [5.41, 5.74) is 0.316. The first-order valence-corrected chi connectivity index (χ1v) is 9.56. The van der Waals surface area contributed by atoms with Gasteiger partial charge in [-0.2, -0.15) is 10.1 Å². The van der Waals surface area contributed by atoms with E-state index in [1.807, 2.05) is 0 Å². The summed E-state index contributed by atoms with van der Waals surface area (Å²) in [6.07, 6.45) is 8.69. The molecule has 1 aromatic carbocycles. The molecule has 0 atom stereocenters. The zero-order valence-corrected chi connectivity index (χ0v) is 16.6. The molecular weight excluding hydrogens is 429 g/mol. The maximum atomic E-state index is 14.4. The molecule has 0 unspecified atom stereocenters. The van der Waals surface area contributed by atoms with Gasteiger partial charge in [0.25, 0.3) is 0 Å². The molecule has 1 fully saturated rings. The summed E-state index contributed by atoms with van der Waals surface area (Å²) >= 11 is 3.29. The lowest BCUT2D eigenvalue weighted by molar-refractivity contribution is -0.119. The van der Waals surface area contributed by atoms with Crippen LogP contribution in [0.4, 0.5) is 4.39 Å². The van der Waals surface area contributed by atoms with Crippen LogP contribution in [-0.2, 0) is 10.3 Å². The van der Waals surface area contributed by atoms with Gasteiger partial charge in [0.1, 0.15) is 17.0 Å². The van der Waals surface area contributed by atoms with Gasteiger partial charge >= 0.3 is 0 Å². The van der Waals surface area contributed by atoms with E-state index in [0.29, 0.717) is 23.0 Å². The first-order chi connectivity index (χ1) is 13.4. The molecule has 0 bridgehead atoms. The smallest absolute Gasteiger partial charge is 0.244 e. The fourth-order valence-electron chi connectivity index (χ4n) is 3.12. The Bertz CT molecular complexity index is 1050. The van der Waals surface area contributed by atoms with Crippen LogP contribution in [0.25, 0.3) is 11.8 Å². The molecule has 1 aliphatic rings. The van der Waals surface area contributed by atoms with Gasteiger partial charge in [-0.1, -0.05) is 11.2 Å². The van der Waals surface area contributed by atoms with E-state index >= 15 is 0 Å². The van der Waals surface area contributed by atoms with Gasteiger partial charge in [0.2, 0.25) is 11.8 Å². The molecular formula is C19H17BrFN5O2. The average Bonchev–Trinajstić information content (AvgIpc) is 3.25. The van der Waals surface area contributed by atoms with Crippen molar-refractivity contribution in [3.05, 3.63) is 64.2 Å². The molecule has 4 rings (SSSR count). The monoisotopic (exact) mass is 445 g/mol. The Morgan fingerprint density at radius 2 is 2.25 bits per heavy atom. The average molecular weight is 446 g/mol. The minimum absolute atomic E-state index is 0.289. The number of carbonyl (C=O) groups excluding carboxylic acids is 1. The van der Waals surface area contributed by atoms with E-state index < -0.39 is 11.4 Å². The number of aryl methyl sites for hydroxylation is 1. The molecule has 0 aliphatic heterocycles. The SMILES string of the molecule is Cc1nc(C2(NC(=O)/C=C/c3ccc(-n4cc(Br)cn4)c(F)c3)CCC2)no1. The summed E-state index contributed by atoms with van der Waals surface area (Å²) in [5.74, 6) is 0.239. The van der Waals surface area contributed by atoms with E-state index in [2.05, 4.69) is 36.5 Å². The summed E-state index contributed by atoms with van der Waals surface area (Å²) in [5, 5.41) is 11.0. The highest BCUT2D eigenvalue weighted by Gasteiger charge is 2.43. The fourth-order valence-corrected chi connectivity index (χ4v) is 3.41. The van der Waals surface area contributed by atoms with E-state index in [-0.39, 0.29) is 5.91 Å². The Morgan fingerprint density at radius 3 is 2.82 bits per heavy atom. The standard InChI is InChI=1S/C19H17BrFN5O2/c1-12-23-18(25-28-12)19(7-2-8-19)24-17(27)6-4-13-3-5-16(15(21)9-13)26-11-14(20)10-22-26/h3-6,9-11H,2,7-8H2,1H3,(H,24,27)/b6-4+. The molecule has 1 saturated carbocycles. The summed E-state index contributed by atoms with van der Waals surface area (Å²) < 4.78 is 21.6. The second kappa shape index (κ2) is 7.31. The van der Waals surface area contributed by atoms with Crippen molar-refractivity contribution in [2.75, 3.05) is 0 Å². The largest absolute Gasteiger partial charge is 0.340 e. The summed E-state index contributed by atoms with van der Waals surface area (Å²) in [7, 11) is 0. The number of halogens is 2. The zero-order chi connectivity index (χ0) is 19.7. The third-order valence-corrected chi connectivity index (χ3v) is 5.13. The molecule has 9 heteroatoms. The third kappa shape index (κ3) is 3.62. The lowest BCUT2D eigenvalue weighted by atomic mass is 9.76. The van der Waals surface area contributed by atoms with Crippen molar-refractivity contribution in [1.29, 1.82) is 0 Å². The predicted molar refractivity (Wildman–Crippen MR) is 103 cm³/mol. The number of nitrogens with zero attached hydrogens (tertiary/aromatic N) is 4. The van der Waals surface area contributed by atoms with Crippen LogP contribution < -0.4 is 5.32 Å². The van der Waals surface area contributed by atoms with Crippen LogP contribution >= 0.6 is 15.9 Å². The first kappa shape index (κ1) is 18.5. The van der Waals surface area contributed by atoms with Gasteiger partial charge in [0.15, 0.2) is 5.82 Å². The molecule has 3 aromatic rings. The van der Waals surface area contributed by atoms with Crippen molar-refractivity contribution in [2.24, 2.45) is 0 Å². The van der Waals surface area contributed by atoms with Crippen LogP contribution in [-0.4, -0.2) is 25.8 Å². The third-order valence-electron chi connectivity index (χ3n) is 4.72.